The molecule has 2 aromatic rings. The topological polar surface area (TPSA) is 46.6 Å². The van der Waals surface area contributed by atoms with Crippen LogP contribution in [-0.2, 0) is 14.3 Å². The highest BCUT2D eigenvalue weighted by Gasteiger charge is 2.33. The second-order valence-corrected chi connectivity index (χ2v) is 5.41. The third kappa shape index (κ3) is 4.11. The van der Waals surface area contributed by atoms with Crippen molar-refractivity contribution in [3.63, 3.8) is 0 Å². The van der Waals surface area contributed by atoms with Gasteiger partial charge in [0.05, 0.1) is 6.61 Å². The largest absolute Gasteiger partial charge is 0.465 e. The number of halogens is 1. The molecule has 2 aromatic carbocycles. The summed E-state index contributed by atoms with van der Waals surface area (Å²) >= 11 is 5.99. The Morgan fingerprint density at radius 3 is 2.43 bits per heavy atom. The first-order valence-electron chi connectivity index (χ1n) is 7.29. The lowest BCUT2D eigenvalue weighted by atomic mass is 9.97. The first kappa shape index (κ1) is 17.0. The Kier molecular flexibility index (Phi) is 5.77. The van der Waals surface area contributed by atoms with Crippen LogP contribution in [0, 0.1) is 0 Å². The molecule has 0 saturated carbocycles. The van der Waals surface area contributed by atoms with Crippen molar-refractivity contribution in [3.05, 3.63) is 65.2 Å². The first-order chi connectivity index (χ1) is 11.0. The van der Waals surface area contributed by atoms with Gasteiger partial charge in [-0.15, -0.1) is 0 Å². The number of carbonyl (C=O) groups excluding carboxylic acids is 2. The fourth-order valence-corrected chi connectivity index (χ4v) is 2.46. The Balaban J connectivity index is 2.37. The van der Waals surface area contributed by atoms with Crippen LogP contribution >= 0.6 is 11.6 Å². The van der Waals surface area contributed by atoms with Gasteiger partial charge in [-0.25, -0.2) is 0 Å². The van der Waals surface area contributed by atoms with Crippen molar-refractivity contribution in [1.29, 1.82) is 0 Å². The molecule has 23 heavy (non-hydrogen) atoms. The summed E-state index contributed by atoms with van der Waals surface area (Å²) in [6, 6.07) is 15.8. The minimum Gasteiger partial charge on any atom is -0.465 e. The molecular formula is C18H18ClNO3. The molecule has 0 unspecified atom stereocenters. The molecule has 0 heterocycles. The van der Waals surface area contributed by atoms with Crippen LogP contribution in [0.2, 0.25) is 5.02 Å². The van der Waals surface area contributed by atoms with Gasteiger partial charge in [0.2, 0.25) is 5.91 Å². The summed E-state index contributed by atoms with van der Waals surface area (Å²) in [6.45, 7) is 1.91. The van der Waals surface area contributed by atoms with E-state index in [1.807, 2.05) is 18.2 Å². The van der Waals surface area contributed by atoms with Gasteiger partial charge in [-0.05, 0) is 36.8 Å². The van der Waals surface area contributed by atoms with Crippen LogP contribution in [0.3, 0.4) is 0 Å². The summed E-state index contributed by atoms with van der Waals surface area (Å²) in [6.07, 6.45) is 0. The van der Waals surface area contributed by atoms with Crippen molar-refractivity contribution >= 4 is 29.2 Å². The molecule has 0 aliphatic carbocycles. The van der Waals surface area contributed by atoms with Gasteiger partial charge >= 0.3 is 5.97 Å². The number of para-hydroxylation sites is 1. The van der Waals surface area contributed by atoms with Crippen molar-refractivity contribution in [2.24, 2.45) is 0 Å². The van der Waals surface area contributed by atoms with Crippen molar-refractivity contribution < 1.29 is 14.3 Å². The van der Waals surface area contributed by atoms with E-state index in [4.69, 9.17) is 16.3 Å². The van der Waals surface area contributed by atoms with Gasteiger partial charge in [-0.3, -0.25) is 9.59 Å². The van der Waals surface area contributed by atoms with Crippen molar-refractivity contribution in [1.82, 2.24) is 0 Å². The zero-order chi connectivity index (χ0) is 16.8. The number of hydrogen-bond donors (Lipinski definition) is 0. The zero-order valence-corrected chi connectivity index (χ0v) is 13.8. The monoisotopic (exact) mass is 331 g/mol. The lowest BCUT2D eigenvalue weighted by Crippen LogP contribution is -2.36. The van der Waals surface area contributed by atoms with Gasteiger partial charge in [-0.2, -0.15) is 0 Å². The standard InChI is InChI=1S/C18H18ClNO3/c1-3-23-18(22)16(13-8-7-9-14(19)12-13)17(21)20(2)15-10-5-4-6-11-15/h4-12,16H,3H2,1-2H3/t16-/m1/s1. The van der Waals surface area contributed by atoms with Crippen LogP contribution < -0.4 is 4.90 Å². The van der Waals surface area contributed by atoms with Crippen LogP contribution in [0.15, 0.2) is 54.6 Å². The molecule has 2 rings (SSSR count). The molecule has 0 radical (unpaired) electrons. The Morgan fingerprint density at radius 2 is 1.83 bits per heavy atom. The summed E-state index contributed by atoms with van der Waals surface area (Å²) in [5, 5.41) is 0.465. The molecule has 0 spiro atoms. The molecule has 0 saturated heterocycles. The Morgan fingerprint density at radius 1 is 1.13 bits per heavy atom. The average Bonchev–Trinajstić information content (AvgIpc) is 2.55. The van der Waals surface area contributed by atoms with Crippen molar-refractivity contribution in [3.8, 4) is 0 Å². The maximum absolute atomic E-state index is 12.9. The number of rotatable bonds is 5. The number of anilines is 1. The van der Waals surface area contributed by atoms with E-state index in [1.165, 1.54) is 4.90 Å². The van der Waals surface area contributed by atoms with Crippen LogP contribution in [-0.4, -0.2) is 25.5 Å². The number of likely N-dealkylation sites (N-methyl/N-ethyl adjacent to an activating group) is 1. The number of benzene rings is 2. The smallest absolute Gasteiger partial charge is 0.323 e. The van der Waals surface area contributed by atoms with Gasteiger partial charge in [-0.1, -0.05) is 41.9 Å². The number of nitrogens with zero attached hydrogens (tertiary/aromatic N) is 1. The molecule has 0 aromatic heterocycles. The minimum atomic E-state index is -1.04. The molecule has 0 N–H and O–H groups in total. The SMILES string of the molecule is CCOC(=O)[C@@H](C(=O)N(C)c1ccccc1)c1cccc(Cl)c1. The van der Waals surface area contributed by atoms with Gasteiger partial charge in [0.15, 0.2) is 5.92 Å². The molecular weight excluding hydrogens is 314 g/mol. The van der Waals surface area contributed by atoms with Gasteiger partial charge in [0, 0.05) is 17.8 Å². The highest BCUT2D eigenvalue weighted by atomic mass is 35.5. The fourth-order valence-electron chi connectivity index (χ4n) is 2.26. The van der Waals surface area contributed by atoms with Crippen molar-refractivity contribution in [2.45, 2.75) is 12.8 Å². The third-order valence-electron chi connectivity index (χ3n) is 3.43. The second kappa shape index (κ2) is 7.79. The van der Waals surface area contributed by atoms with Crippen LogP contribution in [0.25, 0.3) is 0 Å². The second-order valence-electron chi connectivity index (χ2n) is 4.97. The lowest BCUT2D eigenvalue weighted by Gasteiger charge is -2.23. The minimum absolute atomic E-state index is 0.207. The Hall–Kier alpha value is -2.33. The molecule has 120 valence electrons. The average molecular weight is 332 g/mol. The number of hydrogen-bond acceptors (Lipinski definition) is 3. The van der Waals surface area contributed by atoms with Crippen LogP contribution in [0.4, 0.5) is 5.69 Å². The molecule has 0 aliphatic rings. The lowest BCUT2D eigenvalue weighted by molar-refractivity contribution is -0.147. The summed E-state index contributed by atoms with van der Waals surface area (Å²) in [5.74, 6) is -1.99. The van der Waals surface area contributed by atoms with Gasteiger partial charge < -0.3 is 9.64 Å². The highest BCUT2D eigenvalue weighted by Crippen LogP contribution is 2.25. The van der Waals surface area contributed by atoms with E-state index >= 15 is 0 Å². The summed E-state index contributed by atoms with van der Waals surface area (Å²) in [4.78, 5) is 26.6. The predicted molar refractivity (Wildman–Crippen MR) is 90.7 cm³/mol. The fraction of sp³-hybridized carbons (Fsp3) is 0.222. The van der Waals surface area contributed by atoms with Crippen LogP contribution in [0.1, 0.15) is 18.4 Å². The van der Waals surface area contributed by atoms with E-state index in [1.54, 1.807) is 50.4 Å². The predicted octanol–water partition coefficient (Wildman–Crippen LogP) is 3.65. The summed E-state index contributed by atoms with van der Waals surface area (Å²) < 4.78 is 5.08. The van der Waals surface area contributed by atoms with E-state index < -0.39 is 11.9 Å². The molecule has 4 nitrogen and oxygen atoms in total. The van der Waals surface area contributed by atoms with Crippen molar-refractivity contribution in [2.75, 3.05) is 18.6 Å². The molecule has 0 fully saturated rings. The quantitative estimate of drug-likeness (QED) is 0.620. The Bertz CT molecular complexity index is 688. The Labute approximate surface area is 140 Å². The summed E-state index contributed by atoms with van der Waals surface area (Å²) in [7, 11) is 1.63. The molecule has 0 aliphatic heterocycles. The van der Waals surface area contributed by atoms with Gasteiger partial charge in [0.1, 0.15) is 0 Å². The molecule has 1 atom stereocenters. The highest BCUT2D eigenvalue weighted by molar-refractivity contribution is 6.30. The van der Waals surface area contributed by atoms with E-state index in [2.05, 4.69) is 0 Å². The first-order valence-corrected chi connectivity index (χ1v) is 7.67. The molecule has 0 bridgehead atoms. The normalized spacial score (nSPS) is 11.6. The molecule has 1 amide bonds. The number of esters is 1. The number of amides is 1. The maximum atomic E-state index is 12.9. The summed E-state index contributed by atoms with van der Waals surface area (Å²) in [5.41, 5.74) is 1.22. The molecule has 5 heteroatoms. The van der Waals surface area contributed by atoms with E-state index in [0.29, 0.717) is 16.3 Å². The van der Waals surface area contributed by atoms with Crippen LogP contribution in [0.5, 0.6) is 0 Å². The van der Waals surface area contributed by atoms with E-state index in [9.17, 15) is 9.59 Å². The number of ether oxygens (including phenoxy) is 1. The van der Waals surface area contributed by atoms with E-state index in [-0.39, 0.29) is 12.5 Å². The van der Waals surface area contributed by atoms with E-state index in [0.717, 1.165) is 0 Å². The van der Waals surface area contributed by atoms with Gasteiger partial charge in [0.25, 0.3) is 0 Å². The maximum Gasteiger partial charge on any atom is 0.323 e. The third-order valence-corrected chi connectivity index (χ3v) is 3.66. The number of carbonyl (C=O) groups is 2. The zero-order valence-electron chi connectivity index (χ0n) is 13.0.